The molecule has 0 radical (unpaired) electrons. The van der Waals surface area contributed by atoms with Gasteiger partial charge in [0.25, 0.3) is 0 Å². The summed E-state index contributed by atoms with van der Waals surface area (Å²) in [6, 6.07) is 9.12. The van der Waals surface area contributed by atoms with Crippen LogP contribution in [-0.2, 0) is 22.0 Å². The van der Waals surface area contributed by atoms with E-state index in [4.69, 9.17) is 0 Å². The monoisotopic (exact) mass is 462 g/mol. The second kappa shape index (κ2) is 7.43. The molecule has 186 valence electrons. The molecule has 0 amide bonds. The van der Waals surface area contributed by atoms with Gasteiger partial charge in [-0.15, -0.1) is 0 Å². The molecule has 2 atom stereocenters. The molecule has 2 aliphatic rings. The quantitative estimate of drug-likeness (QED) is 0.486. The summed E-state index contributed by atoms with van der Waals surface area (Å²) in [6.45, 7) is 26.3. The topological polar surface area (TPSA) is 40.5 Å². The normalized spacial score (nSPS) is 26.5. The SMILES string of the molecule is CC(C)c1cc(C(C)C)c2c(c1)C(C)(C)C1(O)c3c(C(C)C)cc(C(C)C)cc3C(C)(C)C21O. The van der Waals surface area contributed by atoms with Crippen molar-refractivity contribution in [2.45, 2.75) is 129 Å². The highest BCUT2D eigenvalue weighted by Crippen LogP contribution is 2.73. The molecular weight excluding hydrogens is 416 g/mol. The van der Waals surface area contributed by atoms with Crippen LogP contribution in [0.25, 0.3) is 0 Å². The second-order valence-electron chi connectivity index (χ2n) is 13.4. The predicted molar refractivity (Wildman–Crippen MR) is 143 cm³/mol. The van der Waals surface area contributed by atoms with Gasteiger partial charge in [-0.25, -0.2) is 0 Å². The fraction of sp³-hybridized carbons (Fsp3) is 0.625. The Kier molecular flexibility index (Phi) is 5.56. The van der Waals surface area contributed by atoms with E-state index in [1.807, 2.05) is 0 Å². The number of hydrogen-bond donors (Lipinski definition) is 2. The maximum Gasteiger partial charge on any atom is 0.133 e. The van der Waals surface area contributed by atoms with Gasteiger partial charge in [-0.2, -0.15) is 0 Å². The Hall–Kier alpha value is -1.64. The van der Waals surface area contributed by atoms with Gasteiger partial charge in [-0.3, -0.25) is 0 Å². The van der Waals surface area contributed by atoms with Crippen molar-refractivity contribution in [3.05, 3.63) is 68.8 Å². The Morgan fingerprint density at radius 2 is 0.794 bits per heavy atom. The summed E-state index contributed by atoms with van der Waals surface area (Å²) in [5, 5.41) is 26.1. The number of rotatable bonds is 4. The Morgan fingerprint density at radius 3 is 1.03 bits per heavy atom. The van der Waals surface area contributed by atoms with E-state index in [-0.39, 0.29) is 11.8 Å². The highest BCUT2D eigenvalue weighted by molar-refractivity contribution is 5.68. The summed E-state index contributed by atoms with van der Waals surface area (Å²) >= 11 is 0. The molecule has 4 rings (SSSR count). The van der Waals surface area contributed by atoms with Crippen LogP contribution in [0.5, 0.6) is 0 Å². The number of hydrogen-bond acceptors (Lipinski definition) is 2. The lowest BCUT2D eigenvalue weighted by Crippen LogP contribution is -2.57. The van der Waals surface area contributed by atoms with E-state index in [9.17, 15) is 10.2 Å². The van der Waals surface area contributed by atoms with Gasteiger partial charge < -0.3 is 10.2 Å². The molecular formula is C32H46O2. The minimum absolute atomic E-state index is 0.241. The van der Waals surface area contributed by atoms with Crippen LogP contribution < -0.4 is 0 Å². The number of benzene rings is 2. The van der Waals surface area contributed by atoms with Crippen LogP contribution in [-0.4, -0.2) is 10.2 Å². The molecule has 2 nitrogen and oxygen atoms in total. The van der Waals surface area contributed by atoms with E-state index in [0.29, 0.717) is 11.8 Å². The first kappa shape index (κ1) is 25.5. The van der Waals surface area contributed by atoms with Crippen LogP contribution in [0.3, 0.4) is 0 Å². The standard InChI is InChI=1S/C32H46O2/c1-17(2)21-13-23(19(5)6)27-25(15-21)29(9,10)32(34)28-24(20(7)8)14-22(18(3)4)16-26(28)30(11,12)31(27,32)33/h13-20,33-34H,1-12H3. The summed E-state index contributed by atoms with van der Waals surface area (Å²) in [5.74, 6) is 1.24. The molecule has 0 saturated carbocycles. The number of fused-ring (bicyclic) bond motifs is 5. The first-order chi connectivity index (χ1) is 15.5. The third kappa shape index (κ3) is 2.76. The van der Waals surface area contributed by atoms with E-state index in [0.717, 1.165) is 22.3 Å². The lowest BCUT2D eigenvalue weighted by Gasteiger charge is -2.47. The van der Waals surface area contributed by atoms with Crippen LogP contribution >= 0.6 is 0 Å². The zero-order valence-electron chi connectivity index (χ0n) is 23.5. The van der Waals surface area contributed by atoms with E-state index >= 15 is 0 Å². The molecule has 0 bridgehead atoms. The Labute approximate surface area is 207 Å². The van der Waals surface area contributed by atoms with Gasteiger partial charge in [-0.05, 0) is 68.2 Å². The van der Waals surface area contributed by atoms with Crippen molar-refractivity contribution in [2.75, 3.05) is 0 Å². The van der Waals surface area contributed by atoms with Crippen molar-refractivity contribution in [2.24, 2.45) is 0 Å². The third-order valence-electron chi connectivity index (χ3n) is 9.36. The summed E-state index contributed by atoms with van der Waals surface area (Å²) in [7, 11) is 0. The maximum atomic E-state index is 13.1. The summed E-state index contributed by atoms with van der Waals surface area (Å²) in [5.41, 5.74) is 4.87. The van der Waals surface area contributed by atoms with Gasteiger partial charge in [0.15, 0.2) is 0 Å². The third-order valence-corrected chi connectivity index (χ3v) is 9.36. The number of aliphatic hydroxyl groups is 2. The van der Waals surface area contributed by atoms with E-state index < -0.39 is 22.0 Å². The summed E-state index contributed by atoms with van der Waals surface area (Å²) < 4.78 is 0. The van der Waals surface area contributed by atoms with Crippen molar-refractivity contribution < 1.29 is 10.2 Å². The van der Waals surface area contributed by atoms with Crippen molar-refractivity contribution in [1.82, 2.24) is 0 Å². The zero-order chi connectivity index (χ0) is 25.8. The van der Waals surface area contributed by atoms with Crippen molar-refractivity contribution in [3.8, 4) is 0 Å². The Morgan fingerprint density at radius 1 is 0.500 bits per heavy atom. The van der Waals surface area contributed by atoms with Crippen molar-refractivity contribution in [3.63, 3.8) is 0 Å². The van der Waals surface area contributed by atoms with Crippen LogP contribution in [0.2, 0.25) is 0 Å². The molecule has 2 unspecified atom stereocenters. The molecule has 34 heavy (non-hydrogen) atoms. The molecule has 0 fully saturated rings. The van der Waals surface area contributed by atoms with Crippen LogP contribution in [0.1, 0.15) is 151 Å². The van der Waals surface area contributed by atoms with Gasteiger partial charge in [0, 0.05) is 10.8 Å². The van der Waals surface area contributed by atoms with E-state index in [1.54, 1.807) is 0 Å². The van der Waals surface area contributed by atoms with Crippen molar-refractivity contribution in [1.29, 1.82) is 0 Å². The first-order valence-corrected chi connectivity index (χ1v) is 13.3. The van der Waals surface area contributed by atoms with E-state index in [2.05, 4.69) is 107 Å². The molecule has 0 saturated heterocycles. The molecule has 2 aromatic rings. The van der Waals surface area contributed by atoms with Gasteiger partial charge >= 0.3 is 0 Å². The maximum absolute atomic E-state index is 13.1. The van der Waals surface area contributed by atoms with Crippen molar-refractivity contribution >= 4 is 0 Å². The minimum Gasteiger partial charge on any atom is -0.381 e. The molecule has 2 heteroatoms. The highest BCUT2D eigenvalue weighted by atomic mass is 16.4. The average Bonchev–Trinajstić information content (AvgIpc) is 2.97. The molecule has 0 aliphatic heterocycles. The fourth-order valence-corrected chi connectivity index (χ4v) is 7.03. The van der Waals surface area contributed by atoms with Gasteiger partial charge in [0.2, 0.25) is 0 Å². The lowest BCUT2D eigenvalue weighted by molar-refractivity contribution is -0.200. The Balaban J connectivity index is 2.22. The second-order valence-corrected chi connectivity index (χ2v) is 13.4. The summed E-state index contributed by atoms with van der Waals surface area (Å²) in [6.07, 6.45) is 0. The lowest BCUT2D eigenvalue weighted by atomic mass is 9.64. The van der Waals surface area contributed by atoms with E-state index in [1.165, 1.54) is 22.3 Å². The molecule has 2 aliphatic carbocycles. The minimum atomic E-state index is -1.42. The largest absolute Gasteiger partial charge is 0.381 e. The molecule has 0 spiro atoms. The smallest absolute Gasteiger partial charge is 0.133 e. The fourth-order valence-electron chi connectivity index (χ4n) is 7.03. The molecule has 0 heterocycles. The average molecular weight is 463 g/mol. The highest BCUT2D eigenvalue weighted by Gasteiger charge is 2.77. The van der Waals surface area contributed by atoms with Gasteiger partial charge in [0.1, 0.15) is 11.2 Å². The zero-order valence-corrected chi connectivity index (χ0v) is 23.5. The molecule has 2 N–H and O–H groups in total. The summed E-state index contributed by atoms with van der Waals surface area (Å²) in [4.78, 5) is 0. The molecule has 0 aromatic heterocycles. The first-order valence-electron chi connectivity index (χ1n) is 13.3. The Bertz CT molecular complexity index is 1060. The predicted octanol–water partition coefficient (Wildman–Crippen LogP) is 7.84. The van der Waals surface area contributed by atoms with Crippen LogP contribution in [0, 0.1) is 0 Å². The molecule has 2 aromatic carbocycles. The van der Waals surface area contributed by atoms with Gasteiger partial charge in [-0.1, -0.05) is 107 Å². The van der Waals surface area contributed by atoms with Crippen LogP contribution in [0.15, 0.2) is 24.3 Å². The van der Waals surface area contributed by atoms with Crippen LogP contribution in [0.4, 0.5) is 0 Å². The van der Waals surface area contributed by atoms with Gasteiger partial charge in [0.05, 0.1) is 0 Å².